The quantitative estimate of drug-likeness (QED) is 0.852. The Morgan fingerprint density at radius 1 is 1.29 bits per heavy atom. The van der Waals surface area contributed by atoms with E-state index < -0.39 is 18.7 Å². The number of carboxylic acids is 1. The van der Waals surface area contributed by atoms with Crippen LogP contribution in [0.4, 0.5) is 8.78 Å². The number of aliphatic carboxylic acids is 1. The van der Waals surface area contributed by atoms with Gasteiger partial charge in [0, 0.05) is 0 Å². The molecule has 0 bridgehead atoms. The number of hydrogen-bond donors (Lipinski definition) is 2. The minimum Gasteiger partial charge on any atom is -0.479 e. The highest BCUT2D eigenvalue weighted by atomic mass is 19.3. The third-order valence-electron chi connectivity index (χ3n) is 2.52. The van der Waals surface area contributed by atoms with Crippen LogP contribution >= 0.6 is 0 Å². The average molecular weight is 246 g/mol. The lowest BCUT2D eigenvalue weighted by atomic mass is 9.98. The third-order valence-corrected chi connectivity index (χ3v) is 2.52. The van der Waals surface area contributed by atoms with Gasteiger partial charge >= 0.3 is 12.6 Å². The van der Waals surface area contributed by atoms with Gasteiger partial charge in [-0.25, -0.2) is 4.79 Å². The van der Waals surface area contributed by atoms with E-state index in [0.717, 1.165) is 0 Å². The molecule has 1 unspecified atom stereocenters. The smallest absolute Gasteiger partial charge is 0.387 e. The second kappa shape index (κ2) is 5.09. The highest BCUT2D eigenvalue weighted by Gasteiger charge is 2.20. The van der Waals surface area contributed by atoms with Gasteiger partial charge in [-0.15, -0.1) is 0 Å². The van der Waals surface area contributed by atoms with Crippen LogP contribution in [0.25, 0.3) is 0 Å². The molecule has 0 aliphatic carbocycles. The molecule has 0 aliphatic rings. The first-order chi connectivity index (χ1) is 7.84. The first-order valence-corrected chi connectivity index (χ1v) is 4.80. The van der Waals surface area contributed by atoms with Crippen LogP contribution in [0, 0.1) is 13.8 Å². The van der Waals surface area contributed by atoms with Gasteiger partial charge in [0.2, 0.25) is 0 Å². The first kappa shape index (κ1) is 13.4. The van der Waals surface area contributed by atoms with Crippen LogP contribution in [-0.2, 0) is 4.79 Å². The van der Waals surface area contributed by atoms with E-state index in [9.17, 15) is 18.7 Å². The number of carbonyl (C=O) groups is 1. The fourth-order valence-corrected chi connectivity index (χ4v) is 1.47. The SMILES string of the molecule is Cc1c(OC(F)F)ccc(C(O)C(=O)O)c1C. The molecule has 94 valence electrons. The van der Waals surface area contributed by atoms with Gasteiger partial charge < -0.3 is 14.9 Å². The standard InChI is InChI=1S/C11H12F2O4/c1-5-6(2)8(17-11(12)13)4-3-7(5)9(14)10(15)16/h3-4,9,11,14H,1-2H3,(H,15,16). The Labute approximate surface area is 96.5 Å². The van der Waals surface area contributed by atoms with Crippen molar-refractivity contribution in [2.24, 2.45) is 0 Å². The largest absolute Gasteiger partial charge is 0.479 e. The van der Waals surface area contributed by atoms with Crippen LogP contribution in [0.3, 0.4) is 0 Å². The van der Waals surface area contributed by atoms with Gasteiger partial charge in [-0.2, -0.15) is 8.78 Å². The van der Waals surface area contributed by atoms with Gasteiger partial charge in [-0.1, -0.05) is 6.07 Å². The van der Waals surface area contributed by atoms with E-state index in [2.05, 4.69) is 4.74 Å². The van der Waals surface area contributed by atoms with E-state index in [1.54, 1.807) is 0 Å². The summed E-state index contributed by atoms with van der Waals surface area (Å²) in [5.41, 5.74) is 0.956. The van der Waals surface area contributed by atoms with Crippen LogP contribution < -0.4 is 4.74 Å². The summed E-state index contributed by atoms with van der Waals surface area (Å²) in [6, 6.07) is 2.48. The molecule has 1 rings (SSSR count). The van der Waals surface area contributed by atoms with Crippen molar-refractivity contribution in [3.63, 3.8) is 0 Å². The van der Waals surface area contributed by atoms with Gasteiger partial charge in [0.15, 0.2) is 6.10 Å². The highest BCUT2D eigenvalue weighted by molar-refractivity contribution is 5.75. The molecule has 0 radical (unpaired) electrons. The normalized spacial score (nSPS) is 12.6. The summed E-state index contributed by atoms with van der Waals surface area (Å²) >= 11 is 0. The van der Waals surface area contributed by atoms with Crippen LogP contribution in [0.5, 0.6) is 5.75 Å². The summed E-state index contributed by atoms with van der Waals surface area (Å²) in [6.45, 7) is 0.114. The number of aliphatic hydroxyl groups is 1. The molecule has 4 nitrogen and oxygen atoms in total. The van der Waals surface area contributed by atoms with E-state index in [-0.39, 0.29) is 11.3 Å². The minimum atomic E-state index is -2.94. The summed E-state index contributed by atoms with van der Waals surface area (Å²) in [5, 5.41) is 18.1. The van der Waals surface area contributed by atoms with Gasteiger partial charge in [0.1, 0.15) is 5.75 Å². The number of ether oxygens (including phenoxy) is 1. The maximum Gasteiger partial charge on any atom is 0.387 e. The summed E-state index contributed by atoms with van der Waals surface area (Å²) in [6.07, 6.45) is -1.67. The van der Waals surface area contributed by atoms with Gasteiger partial charge in [0.05, 0.1) is 0 Å². The van der Waals surface area contributed by atoms with E-state index in [1.807, 2.05) is 0 Å². The number of aliphatic hydroxyl groups excluding tert-OH is 1. The van der Waals surface area contributed by atoms with Gasteiger partial charge in [-0.05, 0) is 36.6 Å². The van der Waals surface area contributed by atoms with Crippen molar-refractivity contribution >= 4 is 5.97 Å². The fourth-order valence-electron chi connectivity index (χ4n) is 1.47. The Balaban J connectivity index is 3.14. The molecule has 0 spiro atoms. The molecule has 17 heavy (non-hydrogen) atoms. The van der Waals surface area contributed by atoms with Crippen molar-refractivity contribution in [3.8, 4) is 5.75 Å². The Morgan fingerprint density at radius 2 is 1.88 bits per heavy atom. The molecule has 1 atom stereocenters. The van der Waals surface area contributed by atoms with E-state index in [4.69, 9.17) is 5.11 Å². The zero-order valence-corrected chi connectivity index (χ0v) is 9.28. The van der Waals surface area contributed by atoms with Crippen molar-refractivity contribution in [2.75, 3.05) is 0 Å². The summed E-state index contributed by atoms with van der Waals surface area (Å²) in [4.78, 5) is 10.6. The number of carboxylic acid groups (broad SMARTS) is 1. The molecule has 0 fully saturated rings. The number of alkyl halides is 2. The molecule has 0 aliphatic heterocycles. The second-order valence-electron chi connectivity index (χ2n) is 3.52. The predicted octanol–water partition coefficient (Wildman–Crippen LogP) is 2.02. The topological polar surface area (TPSA) is 66.8 Å². The number of benzene rings is 1. The zero-order valence-electron chi connectivity index (χ0n) is 9.28. The average Bonchev–Trinajstić information content (AvgIpc) is 2.23. The lowest BCUT2D eigenvalue weighted by Gasteiger charge is -2.15. The van der Waals surface area contributed by atoms with E-state index >= 15 is 0 Å². The lowest BCUT2D eigenvalue weighted by molar-refractivity contribution is -0.147. The van der Waals surface area contributed by atoms with Gasteiger partial charge in [-0.3, -0.25) is 0 Å². The minimum absolute atomic E-state index is 0.0289. The van der Waals surface area contributed by atoms with Crippen LogP contribution in [-0.4, -0.2) is 22.8 Å². The third kappa shape index (κ3) is 2.91. The van der Waals surface area contributed by atoms with Crippen molar-refractivity contribution in [3.05, 3.63) is 28.8 Å². The first-order valence-electron chi connectivity index (χ1n) is 4.80. The molecule has 1 aromatic carbocycles. The summed E-state index contributed by atoms with van der Waals surface area (Å²) in [5.74, 6) is -1.42. The molecule has 1 aromatic rings. The molecule has 2 N–H and O–H groups in total. The Kier molecular flexibility index (Phi) is 4.01. The van der Waals surface area contributed by atoms with Crippen molar-refractivity contribution < 1.29 is 28.5 Å². The molecule has 0 saturated carbocycles. The number of rotatable bonds is 4. The number of halogens is 2. The Hall–Kier alpha value is -1.69. The van der Waals surface area contributed by atoms with E-state index in [1.165, 1.54) is 26.0 Å². The Bertz CT molecular complexity index is 432. The van der Waals surface area contributed by atoms with E-state index in [0.29, 0.717) is 11.1 Å². The monoisotopic (exact) mass is 246 g/mol. The maximum absolute atomic E-state index is 12.1. The van der Waals surface area contributed by atoms with Crippen molar-refractivity contribution in [1.29, 1.82) is 0 Å². The Morgan fingerprint density at radius 3 is 2.35 bits per heavy atom. The zero-order chi connectivity index (χ0) is 13.2. The predicted molar refractivity (Wildman–Crippen MR) is 55.1 cm³/mol. The van der Waals surface area contributed by atoms with Crippen LogP contribution in [0.15, 0.2) is 12.1 Å². The fraction of sp³-hybridized carbons (Fsp3) is 0.364. The maximum atomic E-state index is 12.1. The molecule has 0 aromatic heterocycles. The molecule has 0 amide bonds. The van der Waals surface area contributed by atoms with Crippen LogP contribution in [0.2, 0.25) is 0 Å². The van der Waals surface area contributed by atoms with Crippen molar-refractivity contribution in [1.82, 2.24) is 0 Å². The molecule has 0 saturated heterocycles. The molecule has 0 heterocycles. The van der Waals surface area contributed by atoms with Gasteiger partial charge in [0.25, 0.3) is 0 Å². The van der Waals surface area contributed by atoms with Crippen LogP contribution in [0.1, 0.15) is 22.8 Å². The summed E-state index contributed by atoms with van der Waals surface area (Å²) < 4.78 is 28.4. The summed E-state index contributed by atoms with van der Waals surface area (Å²) in [7, 11) is 0. The second-order valence-corrected chi connectivity index (χ2v) is 3.52. The molecular weight excluding hydrogens is 234 g/mol. The lowest BCUT2D eigenvalue weighted by Crippen LogP contribution is -2.13. The highest BCUT2D eigenvalue weighted by Crippen LogP contribution is 2.29. The van der Waals surface area contributed by atoms with Crippen molar-refractivity contribution in [2.45, 2.75) is 26.6 Å². The molecule has 6 heteroatoms. The molecular formula is C11H12F2O4. The number of hydrogen-bond acceptors (Lipinski definition) is 3.